The molecule has 1 aliphatic rings. The molecular weight excluding hydrogens is 342 g/mol. The van der Waals surface area contributed by atoms with Crippen molar-refractivity contribution in [3.63, 3.8) is 0 Å². The second kappa shape index (κ2) is 7.15. The number of carbonyl (C=O) groups excluding carboxylic acids is 1. The molecule has 1 unspecified atom stereocenters. The van der Waals surface area contributed by atoms with Crippen molar-refractivity contribution in [2.24, 2.45) is 0 Å². The lowest BCUT2D eigenvalue weighted by molar-refractivity contribution is 0.102. The van der Waals surface area contributed by atoms with E-state index in [0.717, 1.165) is 23.4 Å². The molecule has 1 amide bonds. The van der Waals surface area contributed by atoms with Gasteiger partial charge in [-0.3, -0.25) is 4.79 Å². The van der Waals surface area contributed by atoms with Gasteiger partial charge in [0, 0.05) is 41.7 Å². The van der Waals surface area contributed by atoms with Gasteiger partial charge >= 0.3 is 0 Å². The number of fused-ring (bicyclic) bond motifs is 1. The maximum absolute atomic E-state index is 12.7. The van der Waals surface area contributed by atoms with Crippen molar-refractivity contribution < 1.29 is 14.3 Å². The summed E-state index contributed by atoms with van der Waals surface area (Å²) in [7, 11) is 0. The second-order valence-electron chi connectivity index (χ2n) is 6.49. The highest BCUT2D eigenvalue weighted by Gasteiger charge is 2.22. The molecule has 1 aliphatic heterocycles. The first-order chi connectivity index (χ1) is 13.1. The zero-order valence-electron chi connectivity index (χ0n) is 15.3. The number of aromatic nitrogens is 2. The van der Waals surface area contributed by atoms with Gasteiger partial charge in [-0.1, -0.05) is 0 Å². The van der Waals surface area contributed by atoms with Crippen molar-refractivity contribution >= 4 is 11.6 Å². The Morgan fingerprint density at radius 2 is 2.15 bits per heavy atom. The lowest BCUT2D eigenvalue weighted by Crippen LogP contribution is -2.13. The van der Waals surface area contributed by atoms with E-state index in [1.165, 1.54) is 0 Å². The van der Waals surface area contributed by atoms with Crippen LogP contribution in [-0.2, 0) is 6.42 Å². The maximum Gasteiger partial charge on any atom is 0.255 e. The fraction of sp³-hybridized carbons (Fsp3) is 0.238. The summed E-state index contributed by atoms with van der Waals surface area (Å²) in [5, 5.41) is 2.95. The van der Waals surface area contributed by atoms with Crippen LogP contribution in [0.2, 0.25) is 0 Å². The van der Waals surface area contributed by atoms with Gasteiger partial charge in [-0.15, -0.1) is 0 Å². The van der Waals surface area contributed by atoms with E-state index in [9.17, 15) is 4.79 Å². The summed E-state index contributed by atoms with van der Waals surface area (Å²) in [4.78, 5) is 16.7. The van der Waals surface area contributed by atoms with Gasteiger partial charge in [0.25, 0.3) is 5.91 Å². The molecule has 1 atom stereocenters. The minimum Gasteiger partial charge on any atom is -0.492 e. The van der Waals surface area contributed by atoms with Crippen molar-refractivity contribution in [3.8, 4) is 17.2 Å². The van der Waals surface area contributed by atoms with Crippen molar-refractivity contribution in [3.05, 3.63) is 66.2 Å². The van der Waals surface area contributed by atoms with Gasteiger partial charge < -0.3 is 19.4 Å². The van der Waals surface area contributed by atoms with Crippen LogP contribution in [0.3, 0.4) is 0 Å². The van der Waals surface area contributed by atoms with Gasteiger partial charge in [-0.2, -0.15) is 0 Å². The Labute approximate surface area is 157 Å². The normalized spacial score (nSPS) is 15.1. The highest BCUT2D eigenvalue weighted by atomic mass is 16.5. The molecule has 0 fully saturated rings. The van der Waals surface area contributed by atoms with Crippen LogP contribution in [-0.4, -0.2) is 28.2 Å². The number of rotatable bonds is 5. The first-order valence-electron chi connectivity index (χ1n) is 9.00. The monoisotopic (exact) mass is 363 g/mol. The topological polar surface area (TPSA) is 65.4 Å². The van der Waals surface area contributed by atoms with Crippen LogP contribution in [0.5, 0.6) is 11.5 Å². The zero-order chi connectivity index (χ0) is 18.8. The summed E-state index contributed by atoms with van der Waals surface area (Å²) in [6.07, 6.45) is 6.27. The number of hydrogen-bond acceptors (Lipinski definition) is 4. The molecule has 0 radical (unpaired) electrons. The number of ether oxygens (including phenoxy) is 2. The summed E-state index contributed by atoms with van der Waals surface area (Å²) in [5.74, 6) is 1.27. The standard InChI is InChI=1S/C21H21N3O3/c1-3-26-20-11-16-10-14(2)27-19(16)12-18(20)23-21(25)15-4-6-17(7-5-15)24-9-8-22-13-24/h4-9,11-14H,3,10H2,1-2H3,(H,23,25). The van der Waals surface area contributed by atoms with Crippen LogP contribution in [0.25, 0.3) is 5.69 Å². The Morgan fingerprint density at radius 1 is 1.33 bits per heavy atom. The third kappa shape index (κ3) is 3.51. The van der Waals surface area contributed by atoms with Gasteiger partial charge in [-0.05, 0) is 44.2 Å². The summed E-state index contributed by atoms with van der Waals surface area (Å²) in [6, 6.07) is 11.1. The predicted octanol–water partition coefficient (Wildman–Crippen LogP) is 3.85. The van der Waals surface area contributed by atoms with E-state index < -0.39 is 0 Å². The molecule has 138 valence electrons. The van der Waals surface area contributed by atoms with Crippen LogP contribution >= 0.6 is 0 Å². The van der Waals surface area contributed by atoms with E-state index in [4.69, 9.17) is 9.47 Å². The van der Waals surface area contributed by atoms with E-state index in [-0.39, 0.29) is 12.0 Å². The smallest absolute Gasteiger partial charge is 0.255 e. The molecular formula is C21H21N3O3. The molecule has 0 aliphatic carbocycles. The van der Waals surface area contributed by atoms with Crippen molar-refractivity contribution in [2.45, 2.75) is 26.4 Å². The van der Waals surface area contributed by atoms with Gasteiger partial charge in [0.1, 0.15) is 17.6 Å². The average Bonchev–Trinajstić information content (AvgIpc) is 3.31. The zero-order valence-corrected chi connectivity index (χ0v) is 15.3. The SMILES string of the molecule is CCOc1cc2c(cc1NC(=O)c1ccc(-n3ccnc3)cc1)OC(C)C2. The largest absolute Gasteiger partial charge is 0.492 e. The van der Waals surface area contributed by atoms with E-state index in [1.807, 2.05) is 48.9 Å². The number of hydrogen-bond donors (Lipinski definition) is 1. The number of nitrogens with one attached hydrogen (secondary N) is 1. The van der Waals surface area contributed by atoms with Crippen LogP contribution in [0.15, 0.2) is 55.1 Å². The molecule has 0 bridgehead atoms. The Balaban J connectivity index is 1.56. The van der Waals surface area contributed by atoms with Crippen LogP contribution in [0.4, 0.5) is 5.69 Å². The lowest BCUT2D eigenvalue weighted by atomic mass is 10.1. The minimum atomic E-state index is -0.195. The summed E-state index contributed by atoms with van der Waals surface area (Å²) >= 11 is 0. The van der Waals surface area contributed by atoms with Gasteiger partial charge in [0.05, 0.1) is 18.6 Å². The lowest BCUT2D eigenvalue weighted by Gasteiger charge is -2.14. The predicted molar refractivity (Wildman–Crippen MR) is 103 cm³/mol. The van der Waals surface area contributed by atoms with Crippen molar-refractivity contribution in [1.82, 2.24) is 9.55 Å². The molecule has 6 nitrogen and oxygen atoms in total. The van der Waals surface area contributed by atoms with Crippen LogP contribution < -0.4 is 14.8 Å². The third-order valence-corrected chi connectivity index (χ3v) is 4.48. The van der Waals surface area contributed by atoms with Crippen molar-refractivity contribution in [2.75, 3.05) is 11.9 Å². The van der Waals surface area contributed by atoms with E-state index in [0.29, 0.717) is 23.6 Å². The average molecular weight is 363 g/mol. The third-order valence-electron chi connectivity index (χ3n) is 4.48. The van der Waals surface area contributed by atoms with Crippen molar-refractivity contribution in [1.29, 1.82) is 0 Å². The van der Waals surface area contributed by atoms with Crippen LogP contribution in [0, 0.1) is 0 Å². The summed E-state index contributed by atoms with van der Waals surface area (Å²) < 4.78 is 13.4. The minimum absolute atomic E-state index is 0.135. The Kier molecular flexibility index (Phi) is 4.54. The first kappa shape index (κ1) is 17.1. The number of carbonyl (C=O) groups is 1. The Bertz CT molecular complexity index is 950. The summed E-state index contributed by atoms with van der Waals surface area (Å²) in [5.41, 5.74) is 3.23. The fourth-order valence-corrected chi connectivity index (χ4v) is 3.20. The van der Waals surface area contributed by atoms with Gasteiger partial charge in [0.15, 0.2) is 0 Å². The van der Waals surface area contributed by atoms with Gasteiger partial charge in [0.2, 0.25) is 0 Å². The number of amides is 1. The molecule has 0 spiro atoms. The molecule has 0 saturated carbocycles. The molecule has 3 aromatic rings. The highest BCUT2D eigenvalue weighted by Crippen LogP contribution is 2.38. The molecule has 27 heavy (non-hydrogen) atoms. The number of nitrogens with zero attached hydrogens (tertiary/aromatic N) is 2. The number of imidazole rings is 1. The molecule has 6 heteroatoms. The molecule has 2 aromatic carbocycles. The highest BCUT2D eigenvalue weighted by molar-refractivity contribution is 6.05. The molecule has 1 aromatic heterocycles. The quantitative estimate of drug-likeness (QED) is 0.748. The van der Waals surface area contributed by atoms with E-state index in [1.54, 1.807) is 24.7 Å². The van der Waals surface area contributed by atoms with E-state index >= 15 is 0 Å². The Morgan fingerprint density at radius 3 is 2.85 bits per heavy atom. The maximum atomic E-state index is 12.7. The van der Waals surface area contributed by atoms with Gasteiger partial charge in [-0.25, -0.2) is 4.98 Å². The fourth-order valence-electron chi connectivity index (χ4n) is 3.20. The molecule has 4 rings (SSSR count). The Hall–Kier alpha value is -3.28. The summed E-state index contributed by atoms with van der Waals surface area (Å²) in [6.45, 7) is 4.48. The number of benzene rings is 2. The van der Waals surface area contributed by atoms with E-state index in [2.05, 4.69) is 10.3 Å². The second-order valence-corrected chi connectivity index (χ2v) is 6.49. The number of anilines is 1. The first-order valence-corrected chi connectivity index (χ1v) is 9.00. The molecule has 0 saturated heterocycles. The van der Waals surface area contributed by atoms with Crippen LogP contribution in [0.1, 0.15) is 29.8 Å². The molecule has 2 heterocycles. The molecule has 1 N–H and O–H groups in total.